The summed E-state index contributed by atoms with van der Waals surface area (Å²) >= 11 is 0. The number of fused-ring (bicyclic) bond motifs is 2. The van der Waals surface area contributed by atoms with Gasteiger partial charge in [0.05, 0.1) is 0 Å². The molecule has 2 unspecified atom stereocenters. The maximum atomic E-state index is 15.0. The van der Waals surface area contributed by atoms with Crippen molar-refractivity contribution in [1.82, 2.24) is 0 Å². The van der Waals surface area contributed by atoms with Gasteiger partial charge in [-0.1, -0.05) is 79.7 Å². The van der Waals surface area contributed by atoms with E-state index in [1.807, 2.05) is 0 Å². The molecule has 2 atom stereocenters. The maximum absolute atomic E-state index is 15.0. The van der Waals surface area contributed by atoms with Gasteiger partial charge in [0.2, 0.25) is 0 Å². The highest BCUT2D eigenvalue weighted by atomic mass is 31.2. The molecule has 2 aromatic carbocycles. The average molecular weight is 417 g/mol. The van der Waals surface area contributed by atoms with Crippen molar-refractivity contribution in [3.63, 3.8) is 0 Å². The Morgan fingerprint density at radius 1 is 0.828 bits per heavy atom. The molecule has 0 aromatic heterocycles. The molecule has 158 valence electrons. The van der Waals surface area contributed by atoms with Crippen LogP contribution in [0, 0.1) is 0 Å². The standard InChI is InChI=1S/C25H34FO2P/c1-9-18-10-19(14(2)3)12-22-17(8)23-13-20(15(4)5)11-21(16(6)7)25(23)28-29(26)27-24(18)22/h10-17H,9H2,1-8H3. The second-order valence-electron chi connectivity index (χ2n) is 9.06. The molecular weight excluding hydrogens is 382 g/mol. The van der Waals surface area contributed by atoms with Crippen molar-refractivity contribution in [2.24, 2.45) is 0 Å². The lowest BCUT2D eigenvalue weighted by atomic mass is 9.83. The van der Waals surface area contributed by atoms with Crippen molar-refractivity contribution in [1.29, 1.82) is 0 Å². The third-order valence-electron chi connectivity index (χ3n) is 5.98. The van der Waals surface area contributed by atoms with Crippen LogP contribution >= 0.6 is 8.69 Å². The highest BCUT2D eigenvalue weighted by Crippen LogP contribution is 2.53. The summed E-state index contributed by atoms with van der Waals surface area (Å²) in [6.45, 7) is 17.3. The van der Waals surface area contributed by atoms with Crippen LogP contribution in [-0.2, 0) is 6.42 Å². The van der Waals surface area contributed by atoms with Crippen LogP contribution in [0.15, 0.2) is 24.3 Å². The number of hydrogen-bond acceptors (Lipinski definition) is 2. The monoisotopic (exact) mass is 416 g/mol. The van der Waals surface area contributed by atoms with E-state index in [-0.39, 0.29) is 11.8 Å². The lowest BCUT2D eigenvalue weighted by molar-refractivity contribution is 0.418. The van der Waals surface area contributed by atoms with Crippen LogP contribution in [0.1, 0.15) is 112 Å². The summed E-state index contributed by atoms with van der Waals surface area (Å²) in [5.74, 6) is 2.44. The second kappa shape index (κ2) is 8.64. The van der Waals surface area contributed by atoms with Crippen molar-refractivity contribution in [3.05, 3.63) is 57.6 Å². The van der Waals surface area contributed by atoms with E-state index >= 15 is 4.20 Å². The van der Waals surface area contributed by atoms with Crippen LogP contribution in [0.5, 0.6) is 11.5 Å². The van der Waals surface area contributed by atoms with Gasteiger partial charge in [0.1, 0.15) is 11.5 Å². The predicted octanol–water partition coefficient (Wildman–Crippen LogP) is 8.74. The molecule has 1 heterocycles. The third-order valence-corrected chi connectivity index (χ3v) is 6.63. The number of rotatable bonds is 4. The Hall–Kier alpha value is -1.60. The van der Waals surface area contributed by atoms with Gasteiger partial charge in [-0.15, -0.1) is 4.20 Å². The van der Waals surface area contributed by atoms with E-state index in [1.165, 1.54) is 11.1 Å². The minimum atomic E-state index is -2.54. The summed E-state index contributed by atoms with van der Waals surface area (Å²) in [5.41, 5.74) is 6.79. The van der Waals surface area contributed by atoms with E-state index in [2.05, 4.69) is 79.7 Å². The quantitative estimate of drug-likeness (QED) is 0.464. The van der Waals surface area contributed by atoms with Crippen molar-refractivity contribution in [2.75, 3.05) is 0 Å². The Morgan fingerprint density at radius 3 is 1.86 bits per heavy atom. The molecule has 0 fully saturated rings. The van der Waals surface area contributed by atoms with Crippen LogP contribution < -0.4 is 9.05 Å². The van der Waals surface area contributed by atoms with Crippen LogP contribution in [0.25, 0.3) is 0 Å². The first-order valence-corrected chi connectivity index (χ1v) is 11.9. The summed E-state index contributed by atoms with van der Waals surface area (Å²) in [6.07, 6.45) is 0.801. The van der Waals surface area contributed by atoms with E-state index in [9.17, 15) is 0 Å². The lowest BCUT2D eigenvalue weighted by Crippen LogP contribution is -2.12. The molecule has 2 aromatic rings. The average Bonchev–Trinajstić information content (AvgIpc) is 2.65. The molecular formula is C25H34FO2P. The molecule has 4 heteroatoms. The zero-order chi connectivity index (χ0) is 21.5. The molecule has 0 aliphatic carbocycles. The molecule has 2 nitrogen and oxygen atoms in total. The van der Waals surface area contributed by atoms with E-state index in [0.29, 0.717) is 23.3 Å². The minimum absolute atomic E-state index is 0.0592. The van der Waals surface area contributed by atoms with Gasteiger partial charge in [-0.3, -0.25) is 0 Å². The third kappa shape index (κ3) is 4.31. The van der Waals surface area contributed by atoms with Crippen molar-refractivity contribution >= 4 is 8.69 Å². The molecule has 0 N–H and O–H groups in total. The zero-order valence-corrected chi connectivity index (χ0v) is 19.9. The lowest BCUT2D eigenvalue weighted by Gasteiger charge is -2.30. The largest absolute Gasteiger partial charge is 0.505 e. The first-order chi connectivity index (χ1) is 13.6. The molecule has 0 bridgehead atoms. The number of aryl methyl sites for hydroxylation is 1. The predicted molar refractivity (Wildman–Crippen MR) is 121 cm³/mol. The number of halogens is 1. The summed E-state index contributed by atoms with van der Waals surface area (Å²) in [6, 6.07) is 8.75. The molecule has 0 spiro atoms. The van der Waals surface area contributed by atoms with Gasteiger partial charge in [-0.2, -0.15) is 0 Å². The molecule has 1 aliphatic heterocycles. The van der Waals surface area contributed by atoms with Gasteiger partial charge in [-0.25, -0.2) is 0 Å². The summed E-state index contributed by atoms with van der Waals surface area (Å²) in [4.78, 5) is 0. The fraction of sp³-hybridized carbons (Fsp3) is 0.520. The molecule has 0 saturated carbocycles. The zero-order valence-electron chi connectivity index (χ0n) is 19.0. The normalized spacial score (nSPS) is 18.8. The summed E-state index contributed by atoms with van der Waals surface area (Å²) < 4.78 is 26.7. The fourth-order valence-electron chi connectivity index (χ4n) is 3.99. The Balaban J connectivity index is 2.31. The Labute approximate surface area is 176 Å². The highest BCUT2D eigenvalue weighted by molar-refractivity contribution is 7.42. The van der Waals surface area contributed by atoms with Gasteiger partial charge >= 0.3 is 8.69 Å². The van der Waals surface area contributed by atoms with Crippen LogP contribution in [0.2, 0.25) is 0 Å². The van der Waals surface area contributed by atoms with Crippen LogP contribution in [-0.4, -0.2) is 0 Å². The first-order valence-electron chi connectivity index (χ1n) is 10.8. The van der Waals surface area contributed by atoms with Crippen LogP contribution in [0.4, 0.5) is 4.20 Å². The highest BCUT2D eigenvalue weighted by Gasteiger charge is 2.31. The Morgan fingerprint density at radius 2 is 1.34 bits per heavy atom. The first kappa shape index (κ1) is 22.1. The molecule has 0 radical (unpaired) electrons. The second-order valence-corrected chi connectivity index (χ2v) is 9.85. The van der Waals surface area contributed by atoms with E-state index in [1.54, 1.807) is 0 Å². The van der Waals surface area contributed by atoms with E-state index < -0.39 is 8.69 Å². The Kier molecular flexibility index (Phi) is 6.58. The number of hydrogen-bond donors (Lipinski definition) is 0. The van der Waals surface area contributed by atoms with Crippen LogP contribution in [0.3, 0.4) is 0 Å². The van der Waals surface area contributed by atoms with Crippen molar-refractivity contribution in [2.45, 2.75) is 85.5 Å². The van der Waals surface area contributed by atoms with Gasteiger partial charge < -0.3 is 9.05 Å². The molecule has 29 heavy (non-hydrogen) atoms. The van der Waals surface area contributed by atoms with E-state index in [4.69, 9.17) is 9.05 Å². The SMILES string of the molecule is CCc1cc(C(C)C)cc2c1OP(F)Oc1c(C(C)C)cc(C(C)C)cc1C2C. The molecule has 3 rings (SSSR count). The van der Waals surface area contributed by atoms with Gasteiger partial charge in [0.25, 0.3) is 0 Å². The smallest absolute Gasteiger partial charge is 0.414 e. The molecule has 0 amide bonds. The van der Waals surface area contributed by atoms with E-state index in [0.717, 1.165) is 28.7 Å². The van der Waals surface area contributed by atoms with Gasteiger partial charge in [0.15, 0.2) is 0 Å². The number of benzene rings is 2. The summed E-state index contributed by atoms with van der Waals surface area (Å²) in [7, 11) is -2.54. The topological polar surface area (TPSA) is 18.5 Å². The minimum Gasteiger partial charge on any atom is -0.414 e. The fourth-order valence-corrected chi connectivity index (χ4v) is 4.74. The van der Waals surface area contributed by atoms with Gasteiger partial charge in [-0.05, 0) is 46.4 Å². The molecule has 1 aliphatic rings. The molecule has 0 saturated heterocycles. The summed E-state index contributed by atoms with van der Waals surface area (Å²) in [5, 5.41) is 0. The van der Waals surface area contributed by atoms with Crippen molar-refractivity contribution < 1.29 is 13.2 Å². The van der Waals surface area contributed by atoms with Gasteiger partial charge in [0, 0.05) is 17.0 Å². The van der Waals surface area contributed by atoms with Crippen molar-refractivity contribution in [3.8, 4) is 11.5 Å². The maximum Gasteiger partial charge on any atom is 0.505 e. The Bertz CT molecular complexity index is 889.